The van der Waals surface area contributed by atoms with E-state index in [9.17, 15) is 8.42 Å². The number of methoxy groups -OCH3 is 1. The molecule has 114 valence electrons. The van der Waals surface area contributed by atoms with Crippen molar-refractivity contribution in [3.8, 4) is 5.75 Å². The van der Waals surface area contributed by atoms with Gasteiger partial charge in [0.25, 0.3) is 10.0 Å². The highest BCUT2D eigenvalue weighted by atomic mass is 35.5. The van der Waals surface area contributed by atoms with Gasteiger partial charge in [-0.2, -0.15) is 0 Å². The highest BCUT2D eigenvalue weighted by Gasteiger charge is 2.22. The molecule has 0 fully saturated rings. The normalized spacial score (nSPS) is 11.6. The SMILES string of the molecule is COc1cccc(Cl)c1CNS(=O)(=O)c1sc(Cl)nc1C. The second-order valence-electron chi connectivity index (χ2n) is 4.08. The summed E-state index contributed by atoms with van der Waals surface area (Å²) in [6, 6.07) is 5.11. The summed E-state index contributed by atoms with van der Waals surface area (Å²) in [5.41, 5.74) is 0.933. The first kappa shape index (κ1) is 16.5. The predicted octanol–water partition coefficient (Wildman–Crippen LogP) is 3.25. The van der Waals surface area contributed by atoms with Crippen molar-refractivity contribution in [2.24, 2.45) is 0 Å². The largest absolute Gasteiger partial charge is 0.496 e. The first-order chi connectivity index (χ1) is 9.85. The van der Waals surface area contributed by atoms with Gasteiger partial charge in [-0.1, -0.05) is 40.6 Å². The fourth-order valence-corrected chi connectivity index (χ4v) is 4.74. The average Bonchev–Trinajstić information content (AvgIpc) is 2.77. The minimum atomic E-state index is -3.70. The van der Waals surface area contributed by atoms with Gasteiger partial charge < -0.3 is 4.74 Å². The number of thiazole rings is 1. The van der Waals surface area contributed by atoms with Crippen LogP contribution in [0.2, 0.25) is 9.49 Å². The summed E-state index contributed by atoms with van der Waals surface area (Å²) in [5, 5.41) is 0.427. The Bertz CT molecular complexity index is 760. The van der Waals surface area contributed by atoms with Crippen molar-refractivity contribution in [2.45, 2.75) is 17.7 Å². The van der Waals surface area contributed by atoms with E-state index in [1.165, 1.54) is 7.11 Å². The number of hydrogen-bond acceptors (Lipinski definition) is 5. The van der Waals surface area contributed by atoms with Crippen molar-refractivity contribution in [3.63, 3.8) is 0 Å². The molecule has 2 rings (SSSR count). The zero-order valence-electron chi connectivity index (χ0n) is 11.2. The van der Waals surface area contributed by atoms with Gasteiger partial charge in [-0.15, -0.1) is 0 Å². The number of nitrogens with zero attached hydrogens (tertiary/aromatic N) is 1. The first-order valence-electron chi connectivity index (χ1n) is 5.79. The minimum absolute atomic E-state index is 0.0140. The highest BCUT2D eigenvalue weighted by molar-refractivity contribution is 7.91. The van der Waals surface area contributed by atoms with Crippen molar-refractivity contribution in [1.29, 1.82) is 0 Å². The quantitative estimate of drug-likeness (QED) is 0.881. The third-order valence-electron chi connectivity index (χ3n) is 2.71. The molecule has 0 aliphatic rings. The Labute approximate surface area is 136 Å². The lowest BCUT2D eigenvalue weighted by Crippen LogP contribution is -2.23. The zero-order chi connectivity index (χ0) is 15.6. The number of aromatic nitrogens is 1. The van der Waals surface area contributed by atoms with Crippen molar-refractivity contribution in [3.05, 3.63) is 38.9 Å². The van der Waals surface area contributed by atoms with Crippen molar-refractivity contribution < 1.29 is 13.2 Å². The molecule has 5 nitrogen and oxygen atoms in total. The molecule has 0 unspecified atom stereocenters. The summed E-state index contributed by atoms with van der Waals surface area (Å²) in [5.74, 6) is 0.518. The Balaban J connectivity index is 2.26. The summed E-state index contributed by atoms with van der Waals surface area (Å²) >= 11 is 12.7. The third kappa shape index (κ3) is 3.67. The molecule has 0 saturated carbocycles. The van der Waals surface area contributed by atoms with Gasteiger partial charge in [-0.3, -0.25) is 0 Å². The van der Waals surface area contributed by atoms with Crippen LogP contribution in [0.1, 0.15) is 11.3 Å². The van der Waals surface area contributed by atoms with Crippen molar-refractivity contribution in [2.75, 3.05) is 7.11 Å². The van der Waals surface area contributed by atoms with Crippen molar-refractivity contribution >= 4 is 44.6 Å². The van der Waals surface area contributed by atoms with Crippen LogP contribution in [0.3, 0.4) is 0 Å². The van der Waals surface area contributed by atoms with Crippen LogP contribution in [0.4, 0.5) is 0 Å². The van der Waals surface area contributed by atoms with Gasteiger partial charge in [-0.25, -0.2) is 18.1 Å². The molecule has 21 heavy (non-hydrogen) atoms. The molecule has 2 aromatic rings. The maximum atomic E-state index is 12.3. The lowest BCUT2D eigenvalue weighted by molar-refractivity contribution is 0.409. The van der Waals surface area contributed by atoms with E-state index >= 15 is 0 Å². The topological polar surface area (TPSA) is 68.3 Å². The minimum Gasteiger partial charge on any atom is -0.496 e. The summed E-state index contributed by atoms with van der Waals surface area (Å²) in [4.78, 5) is 3.90. The molecule has 1 heterocycles. The molecular formula is C12H12Cl2N2O3S2. The van der Waals surface area contributed by atoms with Crippen LogP contribution < -0.4 is 9.46 Å². The molecule has 1 aromatic carbocycles. The summed E-state index contributed by atoms with van der Waals surface area (Å²) < 4.78 is 32.5. The number of rotatable bonds is 5. The second-order valence-corrected chi connectivity index (χ2v) is 8.04. The number of benzene rings is 1. The van der Waals surface area contributed by atoms with E-state index in [1.807, 2.05) is 0 Å². The lowest BCUT2D eigenvalue weighted by atomic mass is 10.2. The first-order valence-corrected chi connectivity index (χ1v) is 8.84. The summed E-state index contributed by atoms with van der Waals surface area (Å²) in [7, 11) is -2.21. The Kier molecular flexibility index (Phi) is 5.11. The van der Waals surface area contributed by atoms with Crippen molar-refractivity contribution in [1.82, 2.24) is 9.71 Å². The van der Waals surface area contributed by atoms with Gasteiger partial charge in [0.2, 0.25) is 0 Å². The number of nitrogens with one attached hydrogen (secondary N) is 1. The summed E-state index contributed by atoms with van der Waals surface area (Å²) in [6.45, 7) is 1.60. The number of hydrogen-bond donors (Lipinski definition) is 1. The average molecular weight is 367 g/mol. The maximum Gasteiger partial charge on any atom is 0.252 e. The number of aryl methyl sites for hydroxylation is 1. The number of ether oxygens (including phenoxy) is 1. The number of sulfonamides is 1. The Morgan fingerprint density at radius 1 is 1.38 bits per heavy atom. The van der Waals surface area contributed by atoms with Crippen LogP contribution in [0.25, 0.3) is 0 Å². The zero-order valence-corrected chi connectivity index (χ0v) is 14.3. The fourth-order valence-electron chi connectivity index (χ4n) is 1.73. The van der Waals surface area contributed by atoms with Gasteiger partial charge in [0.15, 0.2) is 8.68 Å². The third-order valence-corrected chi connectivity index (χ3v) is 6.33. The molecule has 0 aliphatic heterocycles. The van der Waals surface area contributed by atoms with Crippen LogP contribution in [0.15, 0.2) is 22.4 Å². The molecule has 0 radical (unpaired) electrons. The maximum absolute atomic E-state index is 12.3. The van der Waals surface area contributed by atoms with Gasteiger partial charge in [0.1, 0.15) is 5.75 Å². The van der Waals surface area contributed by atoms with Gasteiger partial charge in [0.05, 0.1) is 12.8 Å². The van der Waals surface area contributed by atoms with Crippen LogP contribution in [0, 0.1) is 6.92 Å². The van der Waals surface area contributed by atoms with Crippen LogP contribution in [-0.2, 0) is 16.6 Å². The Morgan fingerprint density at radius 3 is 2.67 bits per heavy atom. The van der Waals surface area contributed by atoms with E-state index in [-0.39, 0.29) is 15.2 Å². The van der Waals surface area contributed by atoms with Crippen LogP contribution in [-0.4, -0.2) is 20.5 Å². The molecular weight excluding hydrogens is 355 g/mol. The van der Waals surface area contributed by atoms with Crippen LogP contribution in [0.5, 0.6) is 5.75 Å². The Morgan fingerprint density at radius 2 is 2.10 bits per heavy atom. The van der Waals surface area contributed by atoms with Gasteiger partial charge in [-0.05, 0) is 19.1 Å². The fraction of sp³-hybridized carbons (Fsp3) is 0.250. The molecule has 0 atom stereocenters. The van der Waals surface area contributed by atoms with E-state index < -0.39 is 10.0 Å². The molecule has 1 N–H and O–H groups in total. The molecule has 1 aromatic heterocycles. The van der Waals surface area contributed by atoms with E-state index in [4.69, 9.17) is 27.9 Å². The van der Waals surface area contributed by atoms with E-state index in [1.54, 1.807) is 25.1 Å². The molecule has 0 aliphatic carbocycles. The van der Waals surface area contributed by atoms with Crippen LogP contribution >= 0.6 is 34.5 Å². The standard InChI is InChI=1S/C12H12Cl2N2O3S2/c1-7-11(20-12(14)16-7)21(17,18)15-6-8-9(13)4-3-5-10(8)19-2/h3-5,15H,6H2,1-2H3. The van der Waals surface area contributed by atoms with E-state index in [0.29, 0.717) is 22.0 Å². The van der Waals surface area contributed by atoms with E-state index in [0.717, 1.165) is 11.3 Å². The lowest BCUT2D eigenvalue weighted by Gasteiger charge is -2.11. The number of halogens is 2. The predicted molar refractivity (Wildman–Crippen MR) is 83.9 cm³/mol. The monoisotopic (exact) mass is 366 g/mol. The smallest absolute Gasteiger partial charge is 0.252 e. The van der Waals surface area contributed by atoms with Gasteiger partial charge in [0, 0.05) is 17.1 Å². The summed E-state index contributed by atoms with van der Waals surface area (Å²) in [6.07, 6.45) is 0. The Hall–Kier alpha value is -0.860. The highest BCUT2D eigenvalue weighted by Crippen LogP contribution is 2.29. The van der Waals surface area contributed by atoms with Gasteiger partial charge >= 0.3 is 0 Å². The second kappa shape index (κ2) is 6.50. The molecule has 0 amide bonds. The molecule has 0 saturated heterocycles. The molecule has 9 heteroatoms. The molecule has 0 bridgehead atoms. The van der Waals surface area contributed by atoms with E-state index in [2.05, 4.69) is 9.71 Å². The molecule has 0 spiro atoms.